The lowest BCUT2D eigenvalue weighted by Crippen LogP contribution is -2.27. The fourth-order valence-electron chi connectivity index (χ4n) is 2.82. The highest BCUT2D eigenvalue weighted by atomic mass is 35.5. The molecule has 0 atom stereocenters. The van der Waals surface area contributed by atoms with E-state index in [9.17, 15) is 4.79 Å². The molecule has 8 heteroatoms. The predicted molar refractivity (Wildman–Crippen MR) is 123 cm³/mol. The molecular formula is C21H13Cl2NO3S2. The Morgan fingerprint density at radius 1 is 1.10 bits per heavy atom. The number of ether oxygens (including phenoxy) is 1. The third-order valence-corrected chi connectivity index (χ3v) is 6.07. The zero-order valence-electron chi connectivity index (χ0n) is 15.0. The number of furan rings is 1. The summed E-state index contributed by atoms with van der Waals surface area (Å²) in [4.78, 5) is 14.9. The number of halogens is 2. The number of amides is 1. The Labute approximate surface area is 187 Å². The zero-order chi connectivity index (χ0) is 20.5. The van der Waals surface area contributed by atoms with Gasteiger partial charge in [0.2, 0.25) is 0 Å². The maximum absolute atomic E-state index is 12.9. The average molecular weight is 462 g/mol. The first-order valence-electron chi connectivity index (χ1n) is 8.43. The van der Waals surface area contributed by atoms with Crippen LogP contribution in [0, 0.1) is 0 Å². The smallest absolute Gasteiger partial charge is 0.270 e. The van der Waals surface area contributed by atoms with Crippen molar-refractivity contribution < 1.29 is 13.9 Å². The molecule has 1 aliphatic rings. The number of thiocarbonyl (C=S) groups is 1. The van der Waals surface area contributed by atoms with E-state index < -0.39 is 0 Å². The van der Waals surface area contributed by atoms with Gasteiger partial charge in [0.1, 0.15) is 17.3 Å². The quantitative estimate of drug-likeness (QED) is 0.320. The van der Waals surface area contributed by atoms with Crippen LogP contribution in [0.15, 0.2) is 63.9 Å². The van der Waals surface area contributed by atoms with Crippen LogP contribution in [0.3, 0.4) is 0 Å². The SMILES string of the molecule is COc1ccc(N2C(=O)/C(=C\c3ccc(-c4ccc(Cl)cc4Cl)o3)SC2=S)cc1. The highest BCUT2D eigenvalue weighted by Gasteiger charge is 2.33. The maximum Gasteiger partial charge on any atom is 0.270 e. The molecule has 2 heterocycles. The van der Waals surface area contributed by atoms with Crippen molar-refractivity contribution in [3.05, 3.63) is 75.3 Å². The van der Waals surface area contributed by atoms with Crippen LogP contribution < -0.4 is 9.64 Å². The first kappa shape index (κ1) is 20.0. The molecule has 0 N–H and O–H groups in total. The van der Waals surface area contributed by atoms with Gasteiger partial charge in [-0.1, -0.05) is 47.2 Å². The van der Waals surface area contributed by atoms with Gasteiger partial charge in [-0.15, -0.1) is 0 Å². The molecular weight excluding hydrogens is 449 g/mol. The molecule has 4 nitrogen and oxygen atoms in total. The minimum Gasteiger partial charge on any atom is -0.497 e. The second-order valence-corrected chi connectivity index (χ2v) is 8.56. The van der Waals surface area contributed by atoms with Crippen LogP contribution in [0.1, 0.15) is 5.76 Å². The Hall–Kier alpha value is -2.25. The van der Waals surface area contributed by atoms with Gasteiger partial charge in [0.25, 0.3) is 5.91 Å². The van der Waals surface area contributed by atoms with Crippen molar-refractivity contribution in [3.8, 4) is 17.1 Å². The lowest BCUT2D eigenvalue weighted by Gasteiger charge is -2.14. The van der Waals surface area contributed by atoms with E-state index in [1.807, 2.05) is 0 Å². The predicted octanol–water partition coefficient (Wildman–Crippen LogP) is 6.67. The van der Waals surface area contributed by atoms with Crippen molar-refractivity contribution >= 4 is 69.2 Å². The van der Waals surface area contributed by atoms with Gasteiger partial charge >= 0.3 is 0 Å². The summed E-state index contributed by atoms with van der Waals surface area (Å²) in [5.74, 6) is 1.62. The van der Waals surface area contributed by atoms with Gasteiger partial charge in [0, 0.05) is 16.7 Å². The minimum absolute atomic E-state index is 0.201. The zero-order valence-corrected chi connectivity index (χ0v) is 18.2. The van der Waals surface area contributed by atoms with E-state index in [-0.39, 0.29) is 5.91 Å². The van der Waals surface area contributed by atoms with E-state index in [0.29, 0.717) is 42.2 Å². The van der Waals surface area contributed by atoms with E-state index in [2.05, 4.69) is 0 Å². The monoisotopic (exact) mass is 461 g/mol. The number of carbonyl (C=O) groups is 1. The molecule has 3 aromatic rings. The van der Waals surface area contributed by atoms with Gasteiger partial charge in [-0.05, 0) is 54.6 Å². The van der Waals surface area contributed by atoms with Crippen LogP contribution in [0.25, 0.3) is 17.4 Å². The van der Waals surface area contributed by atoms with Crippen LogP contribution in [0.2, 0.25) is 10.0 Å². The highest BCUT2D eigenvalue weighted by Crippen LogP contribution is 2.37. The molecule has 4 rings (SSSR count). The normalized spacial score (nSPS) is 15.4. The van der Waals surface area contributed by atoms with Gasteiger partial charge in [-0.3, -0.25) is 9.69 Å². The first-order valence-corrected chi connectivity index (χ1v) is 10.4. The molecule has 0 bridgehead atoms. The van der Waals surface area contributed by atoms with Gasteiger partial charge in [0.15, 0.2) is 4.32 Å². The summed E-state index contributed by atoms with van der Waals surface area (Å²) >= 11 is 18.8. The standard InChI is InChI=1S/C21H13Cl2NO3S2/c1-26-14-5-3-13(4-6-14)24-20(25)19(29-21(24)28)11-15-7-9-18(27-15)16-8-2-12(22)10-17(16)23/h2-11H,1H3/b19-11+. The number of nitrogens with zero attached hydrogens (tertiary/aromatic N) is 1. The van der Waals surface area contributed by atoms with Crippen molar-refractivity contribution in [1.29, 1.82) is 0 Å². The largest absolute Gasteiger partial charge is 0.497 e. The van der Waals surface area contributed by atoms with Gasteiger partial charge in [0.05, 0.1) is 22.7 Å². The van der Waals surface area contributed by atoms with Crippen molar-refractivity contribution in [3.63, 3.8) is 0 Å². The Kier molecular flexibility index (Phi) is 5.69. The number of rotatable bonds is 4. The molecule has 0 spiro atoms. The summed E-state index contributed by atoms with van der Waals surface area (Å²) in [7, 11) is 1.59. The molecule has 0 saturated carbocycles. The minimum atomic E-state index is -0.201. The molecule has 29 heavy (non-hydrogen) atoms. The topological polar surface area (TPSA) is 42.7 Å². The molecule has 146 valence electrons. The average Bonchev–Trinajstić information content (AvgIpc) is 3.26. The molecule has 0 radical (unpaired) electrons. The highest BCUT2D eigenvalue weighted by molar-refractivity contribution is 8.27. The van der Waals surface area contributed by atoms with Crippen LogP contribution >= 0.6 is 47.2 Å². The second-order valence-electron chi connectivity index (χ2n) is 6.04. The van der Waals surface area contributed by atoms with Crippen LogP contribution in [-0.4, -0.2) is 17.3 Å². The summed E-state index contributed by atoms with van der Waals surface area (Å²) in [5.41, 5.74) is 1.41. The molecule has 2 aromatic carbocycles. The molecule has 0 unspecified atom stereocenters. The number of benzene rings is 2. The van der Waals surface area contributed by atoms with Crippen molar-refractivity contribution in [2.75, 3.05) is 12.0 Å². The molecule has 1 amide bonds. The molecule has 1 fully saturated rings. The second kappa shape index (κ2) is 8.24. The third-order valence-electron chi connectivity index (χ3n) is 4.22. The van der Waals surface area contributed by atoms with Gasteiger partial charge in [-0.25, -0.2) is 0 Å². The molecule has 1 aromatic heterocycles. The Balaban J connectivity index is 1.60. The van der Waals surface area contributed by atoms with E-state index >= 15 is 0 Å². The van der Waals surface area contributed by atoms with Crippen LogP contribution in [0.4, 0.5) is 5.69 Å². The maximum atomic E-state index is 12.9. The number of carbonyl (C=O) groups excluding carboxylic acids is 1. The van der Waals surface area contributed by atoms with Crippen molar-refractivity contribution in [1.82, 2.24) is 0 Å². The molecule has 1 saturated heterocycles. The van der Waals surface area contributed by atoms with Crippen molar-refractivity contribution in [2.45, 2.75) is 0 Å². The first-order chi connectivity index (χ1) is 14.0. The Morgan fingerprint density at radius 2 is 1.86 bits per heavy atom. The lowest BCUT2D eigenvalue weighted by molar-refractivity contribution is -0.113. The summed E-state index contributed by atoms with van der Waals surface area (Å²) in [5, 5.41) is 1.04. The Bertz CT molecular complexity index is 1140. The van der Waals surface area contributed by atoms with E-state index in [1.165, 1.54) is 16.7 Å². The van der Waals surface area contributed by atoms with E-state index in [0.717, 1.165) is 5.56 Å². The van der Waals surface area contributed by atoms with Gasteiger partial charge in [-0.2, -0.15) is 0 Å². The van der Waals surface area contributed by atoms with Crippen LogP contribution in [0.5, 0.6) is 5.75 Å². The summed E-state index contributed by atoms with van der Waals surface area (Å²) in [6, 6.07) is 15.9. The van der Waals surface area contributed by atoms with Gasteiger partial charge < -0.3 is 9.15 Å². The van der Waals surface area contributed by atoms with Crippen molar-refractivity contribution in [2.24, 2.45) is 0 Å². The van der Waals surface area contributed by atoms with Crippen LogP contribution in [-0.2, 0) is 4.79 Å². The number of anilines is 1. The number of thioether (sulfide) groups is 1. The molecule has 0 aliphatic carbocycles. The fraction of sp³-hybridized carbons (Fsp3) is 0.0476. The van der Waals surface area contributed by atoms with E-state index in [4.69, 9.17) is 44.6 Å². The third kappa shape index (κ3) is 4.07. The lowest BCUT2D eigenvalue weighted by atomic mass is 10.2. The Morgan fingerprint density at radius 3 is 2.55 bits per heavy atom. The summed E-state index contributed by atoms with van der Waals surface area (Å²) in [6.45, 7) is 0. The molecule has 1 aliphatic heterocycles. The van der Waals surface area contributed by atoms with E-state index in [1.54, 1.807) is 67.8 Å². The number of hydrogen-bond donors (Lipinski definition) is 0. The fourth-order valence-corrected chi connectivity index (χ4v) is 4.60. The summed E-state index contributed by atoms with van der Waals surface area (Å²) in [6.07, 6.45) is 1.68. The number of methoxy groups -OCH3 is 1. The number of hydrogen-bond acceptors (Lipinski definition) is 5. The summed E-state index contributed by atoms with van der Waals surface area (Å²) < 4.78 is 11.5.